The van der Waals surface area contributed by atoms with E-state index in [9.17, 15) is 0 Å². The quantitative estimate of drug-likeness (QED) is 0.158. The Hall–Kier alpha value is -7.20. The first kappa shape index (κ1) is 33.2. The first-order valence-electron chi connectivity index (χ1n) is 19.4. The van der Waals surface area contributed by atoms with Gasteiger partial charge in [-0.2, -0.15) is 0 Å². The van der Waals surface area contributed by atoms with E-state index in [1.807, 2.05) is 11.3 Å². The summed E-state index contributed by atoms with van der Waals surface area (Å²) >= 11 is 1.87. The van der Waals surface area contributed by atoms with Crippen LogP contribution in [0.15, 0.2) is 218 Å². The molecule has 2 heterocycles. The van der Waals surface area contributed by atoms with Gasteiger partial charge in [0.05, 0.1) is 32.8 Å². The number of fused-ring (bicyclic) bond motifs is 6. The summed E-state index contributed by atoms with van der Waals surface area (Å²) in [6.07, 6.45) is 0. The number of para-hydroxylation sites is 2. The van der Waals surface area contributed by atoms with Crippen molar-refractivity contribution in [2.24, 2.45) is 0 Å². The zero-order chi connectivity index (χ0) is 37.7. The Bertz CT molecular complexity index is 3230. The molecule has 0 fully saturated rings. The van der Waals surface area contributed by atoms with Gasteiger partial charge >= 0.3 is 0 Å². The van der Waals surface area contributed by atoms with E-state index >= 15 is 0 Å². The second-order valence-corrected chi connectivity index (χ2v) is 15.5. The first-order chi connectivity index (χ1) is 28.3. The zero-order valence-electron chi connectivity index (χ0n) is 31.1. The Kier molecular flexibility index (Phi) is 8.04. The monoisotopic (exact) mass is 744 g/mol. The number of aromatic nitrogens is 1. The lowest BCUT2D eigenvalue weighted by Gasteiger charge is -2.28. The predicted molar refractivity (Wildman–Crippen MR) is 245 cm³/mol. The molecule has 11 rings (SSSR count). The molecule has 57 heavy (non-hydrogen) atoms. The average Bonchev–Trinajstić information content (AvgIpc) is 3.83. The van der Waals surface area contributed by atoms with E-state index in [2.05, 4.69) is 228 Å². The van der Waals surface area contributed by atoms with Crippen molar-refractivity contribution in [3.05, 3.63) is 218 Å². The molecule has 11 aromatic rings. The van der Waals surface area contributed by atoms with Crippen molar-refractivity contribution >= 4 is 70.4 Å². The third-order valence-corrected chi connectivity index (χ3v) is 12.4. The van der Waals surface area contributed by atoms with Crippen LogP contribution in [0.2, 0.25) is 0 Å². The van der Waals surface area contributed by atoms with Gasteiger partial charge in [0.1, 0.15) is 0 Å². The van der Waals surface area contributed by atoms with Crippen LogP contribution < -0.4 is 4.90 Å². The summed E-state index contributed by atoms with van der Waals surface area (Å²) in [5, 5.41) is 5.01. The van der Waals surface area contributed by atoms with Crippen LogP contribution in [0.5, 0.6) is 0 Å². The highest BCUT2D eigenvalue weighted by Crippen LogP contribution is 2.49. The third-order valence-electron chi connectivity index (χ3n) is 11.2. The highest BCUT2D eigenvalue weighted by Gasteiger charge is 2.24. The van der Waals surface area contributed by atoms with Gasteiger partial charge in [-0.15, -0.1) is 11.3 Å². The summed E-state index contributed by atoms with van der Waals surface area (Å²) in [4.78, 5) is 2.49. The molecule has 2 aromatic heterocycles. The SMILES string of the molecule is c1ccc(-c2ccccc2N(c2ccc3c4ccccc4n(-c4cccc(-c5ccccc5)c4-c4ccccc4)c3c2)c2cccc3c2sc2ccccc23)cc1. The number of hydrogen-bond donors (Lipinski definition) is 0. The molecule has 0 aliphatic heterocycles. The van der Waals surface area contributed by atoms with Crippen LogP contribution in [0.1, 0.15) is 0 Å². The Labute approximate surface area is 335 Å². The maximum Gasteiger partial charge on any atom is 0.0640 e. The first-order valence-corrected chi connectivity index (χ1v) is 20.3. The number of benzene rings is 9. The van der Waals surface area contributed by atoms with Crippen molar-refractivity contribution in [3.63, 3.8) is 0 Å². The lowest BCUT2D eigenvalue weighted by atomic mass is 9.93. The fraction of sp³-hybridized carbons (Fsp3) is 0. The fourth-order valence-corrected chi connectivity index (χ4v) is 9.90. The van der Waals surface area contributed by atoms with Crippen LogP contribution in [0.25, 0.3) is 81.0 Å². The third kappa shape index (κ3) is 5.55. The van der Waals surface area contributed by atoms with E-state index in [0.717, 1.165) is 28.3 Å². The second kappa shape index (κ2) is 13.8. The number of thiophene rings is 1. The molecule has 0 amide bonds. The van der Waals surface area contributed by atoms with Gasteiger partial charge in [-0.25, -0.2) is 0 Å². The molecule has 0 saturated carbocycles. The van der Waals surface area contributed by atoms with Gasteiger partial charge in [-0.05, 0) is 64.7 Å². The molecule has 0 atom stereocenters. The minimum Gasteiger partial charge on any atom is -0.309 e. The maximum absolute atomic E-state index is 2.49. The zero-order valence-corrected chi connectivity index (χ0v) is 31.9. The van der Waals surface area contributed by atoms with E-state index in [1.165, 1.54) is 69.8 Å². The summed E-state index contributed by atoms with van der Waals surface area (Å²) in [5.74, 6) is 0. The van der Waals surface area contributed by atoms with Gasteiger partial charge < -0.3 is 9.47 Å². The molecule has 0 N–H and O–H groups in total. The number of anilines is 3. The van der Waals surface area contributed by atoms with E-state index in [-0.39, 0.29) is 0 Å². The molecular weight excluding hydrogens is 709 g/mol. The van der Waals surface area contributed by atoms with Crippen LogP contribution in [-0.4, -0.2) is 4.57 Å². The molecule has 0 radical (unpaired) electrons. The van der Waals surface area contributed by atoms with Crippen LogP contribution in [0.4, 0.5) is 17.1 Å². The van der Waals surface area contributed by atoms with Crippen LogP contribution >= 0.6 is 11.3 Å². The highest BCUT2D eigenvalue weighted by atomic mass is 32.1. The average molecular weight is 745 g/mol. The second-order valence-electron chi connectivity index (χ2n) is 14.5. The van der Waals surface area contributed by atoms with Gasteiger partial charge in [0, 0.05) is 43.1 Å². The molecule has 2 nitrogen and oxygen atoms in total. The molecule has 0 saturated heterocycles. The molecule has 9 aromatic carbocycles. The molecule has 0 aliphatic carbocycles. The smallest absolute Gasteiger partial charge is 0.0640 e. The summed E-state index contributed by atoms with van der Waals surface area (Å²) in [5.41, 5.74) is 14.0. The van der Waals surface area contributed by atoms with E-state index in [0.29, 0.717) is 0 Å². The Morgan fingerprint density at radius 3 is 1.72 bits per heavy atom. The van der Waals surface area contributed by atoms with E-state index < -0.39 is 0 Å². The van der Waals surface area contributed by atoms with Gasteiger partial charge in [-0.3, -0.25) is 0 Å². The van der Waals surface area contributed by atoms with Crippen molar-refractivity contribution in [1.82, 2.24) is 4.57 Å². The van der Waals surface area contributed by atoms with Crippen molar-refractivity contribution in [2.45, 2.75) is 0 Å². The van der Waals surface area contributed by atoms with Crippen molar-refractivity contribution in [1.29, 1.82) is 0 Å². The number of hydrogen-bond acceptors (Lipinski definition) is 2. The fourth-order valence-electron chi connectivity index (χ4n) is 8.70. The molecule has 268 valence electrons. The Morgan fingerprint density at radius 2 is 0.930 bits per heavy atom. The lowest BCUT2D eigenvalue weighted by molar-refractivity contribution is 1.18. The predicted octanol–water partition coefficient (Wildman–Crippen LogP) is 15.6. The van der Waals surface area contributed by atoms with Gasteiger partial charge in [-0.1, -0.05) is 176 Å². The minimum atomic E-state index is 1.10. The van der Waals surface area contributed by atoms with Gasteiger partial charge in [0.15, 0.2) is 0 Å². The summed E-state index contributed by atoms with van der Waals surface area (Å²) in [7, 11) is 0. The van der Waals surface area contributed by atoms with Gasteiger partial charge in [0.2, 0.25) is 0 Å². The topological polar surface area (TPSA) is 8.17 Å². The molecule has 0 spiro atoms. The largest absolute Gasteiger partial charge is 0.309 e. The van der Waals surface area contributed by atoms with Crippen LogP contribution in [0.3, 0.4) is 0 Å². The standard InChI is InChI=1S/C54H36N2S/c1-4-18-37(19-5-1)41-24-10-13-29-47(41)55(50-32-17-28-46-45-26-12-15-33-52(45)57-54(46)50)40-34-35-44-43-25-11-14-30-48(43)56(51(44)36-40)49-31-16-27-42(38-20-6-2-7-21-38)53(49)39-22-8-3-9-23-39/h1-36H. The van der Waals surface area contributed by atoms with Crippen molar-refractivity contribution < 1.29 is 0 Å². The Morgan fingerprint density at radius 1 is 0.368 bits per heavy atom. The summed E-state index contributed by atoms with van der Waals surface area (Å²) in [6, 6.07) is 79.4. The van der Waals surface area contributed by atoms with Crippen LogP contribution in [-0.2, 0) is 0 Å². The lowest BCUT2D eigenvalue weighted by Crippen LogP contribution is -2.11. The molecule has 0 bridgehead atoms. The maximum atomic E-state index is 2.49. The van der Waals surface area contributed by atoms with Crippen molar-refractivity contribution in [3.8, 4) is 39.1 Å². The molecule has 0 aliphatic rings. The molecule has 3 heteroatoms. The van der Waals surface area contributed by atoms with Gasteiger partial charge in [0.25, 0.3) is 0 Å². The minimum absolute atomic E-state index is 1.10. The Balaban J connectivity index is 1.23. The molecule has 0 unspecified atom stereocenters. The van der Waals surface area contributed by atoms with E-state index in [4.69, 9.17) is 0 Å². The van der Waals surface area contributed by atoms with Crippen molar-refractivity contribution in [2.75, 3.05) is 4.90 Å². The van der Waals surface area contributed by atoms with Crippen LogP contribution in [0, 0.1) is 0 Å². The number of nitrogens with zero attached hydrogens (tertiary/aromatic N) is 2. The highest BCUT2D eigenvalue weighted by molar-refractivity contribution is 7.26. The summed E-state index contributed by atoms with van der Waals surface area (Å²) < 4.78 is 5.05. The molecular formula is C54H36N2S. The van der Waals surface area contributed by atoms with E-state index in [1.54, 1.807) is 0 Å². The number of rotatable bonds is 7. The normalized spacial score (nSPS) is 11.5. The summed E-state index contributed by atoms with van der Waals surface area (Å²) in [6.45, 7) is 0.